The third kappa shape index (κ3) is 50.6. The summed E-state index contributed by atoms with van der Waals surface area (Å²) in [5, 5.41) is 13.7. The lowest BCUT2D eigenvalue weighted by atomic mass is 10.0. The summed E-state index contributed by atoms with van der Waals surface area (Å²) < 4.78 is 23.4. The van der Waals surface area contributed by atoms with Gasteiger partial charge >= 0.3 is 7.82 Å². The van der Waals surface area contributed by atoms with Crippen molar-refractivity contribution in [3.63, 3.8) is 0 Å². The van der Waals surface area contributed by atoms with Gasteiger partial charge in [-0.2, -0.15) is 0 Å². The lowest BCUT2D eigenvalue weighted by molar-refractivity contribution is -0.870. The van der Waals surface area contributed by atoms with Crippen LogP contribution in [-0.2, 0) is 18.4 Å². The van der Waals surface area contributed by atoms with Crippen LogP contribution in [0.4, 0.5) is 0 Å². The molecule has 0 spiro atoms. The molecule has 0 heterocycles. The quantitative estimate of drug-likeness (QED) is 0.0243. The van der Waals surface area contributed by atoms with Gasteiger partial charge in [0, 0.05) is 6.42 Å². The highest BCUT2D eigenvalue weighted by atomic mass is 31.2. The molecule has 67 heavy (non-hydrogen) atoms. The number of carbonyl (C=O) groups is 1. The highest BCUT2D eigenvalue weighted by Crippen LogP contribution is 2.43. The molecule has 0 aliphatic heterocycles. The molecule has 0 aliphatic rings. The third-order valence-corrected chi connectivity index (χ3v) is 11.9. The van der Waals surface area contributed by atoms with Crippen LogP contribution in [-0.4, -0.2) is 73.4 Å². The number of likely N-dealkylation sites (N-methyl/N-ethyl adjacent to an activating group) is 1. The molecule has 0 aromatic carbocycles. The molecule has 3 unspecified atom stereocenters. The molecule has 0 fully saturated rings. The van der Waals surface area contributed by atoms with Crippen molar-refractivity contribution in [3.05, 3.63) is 122 Å². The predicted molar refractivity (Wildman–Crippen MR) is 290 cm³/mol. The number of nitrogens with zero attached hydrogens (tertiary/aromatic N) is 1. The standard InChI is InChI=1S/C58H99N2O6P/c1-6-8-10-12-14-15-16-17-18-19-20-21-22-23-24-25-26-27-28-29-30-31-32-33-34-35-36-37-38-39-40-41-42-43-44-45-46-48-50-52-58(62)59-56(57(61)51-49-47-13-11-9-7-2)55-66-67(63,64)65-54-53-60(3,4)5/h8,10,14-15,17-18,20-21,23-24,26-27,29-30,32-33,35-36,49,51,56-57,61H,6-7,9,11-13,16,19,22,25,28,31,34,37-48,50,52-55H2,1-5H3,(H-,59,62,63,64)/p+1/b10-8-,15-14-,18-17-,21-20-,24-23-,27-26-,30-29-,33-32-,36-35-,51-49+. The summed E-state index contributed by atoms with van der Waals surface area (Å²) in [4.78, 5) is 23.0. The van der Waals surface area contributed by atoms with Gasteiger partial charge in [0.1, 0.15) is 13.2 Å². The fraction of sp³-hybridized carbons (Fsp3) is 0.638. The van der Waals surface area contributed by atoms with Crippen LogP contribution >= 0.6 is 7.82 Å². The molecule has 9 heteroatoms. The number of allylic oxidation sites excluding steroid dienone is 19. The minimum atomic E-state index is -4.33. The first-order valence-corrected chi connectivity index (χ1v) is 27.9. The van der Waals surface area contributed by atoms with Crippen molar-refractivity contribution in [1.82, 2.24) is 5.32 Å². The maximum atomic E-state index is 12.8. The second kappa shape index (κ2) is 47.9. The Balaban J connectivity index is 3.94. The van der Waals surface area contributed by atoms with Gasteiger partial charge in [-0.3, -0.25) is 13.8 Å². The van der Waals surface area contributed by atoms with Crippen LogP contribution in [0.25, 0.3) is 0 Å². The van der Waals surface area contributed by atoms with Gasteiger partial charge in [-0.15, -0.1) is 0 Å². The zero-order chi connectivity index (χ0) is 49.2. The van der Waals surface area contributed by atoms with Crippen LogP contribution in [0.5, 0.6) is 0 Å². The van der Waals surface area contributed by atoms with E-state index in [-0.39, 0.29) is 19.1 Å². The fourth-order valence-corrected chi connectivity index (χ4v) is 7.53. The number of phosphoric ester groups is 1. The second-order valence-corrected chi connectivity index (χ2v) is 20.0. The first-order valence-electron chi connectivity index (χ1n) is 26.4. The van der Waals surface area contributed by atoms with Crippen LogP contribution in [0.15, 0.2) is 122 Å². The number of nitrogens with one attached hydrogen (secondary N) is 1. The van der Waals surface area contributed by atoms with Gasteiger partial charge in [-0.05, 0) is 89.9 Å². The fourth-order valence-electron chi connectivity index (χ4n) is 6.80. The van der Waals surface area contributed by atoms with E-state index in [1.165, 1.54) is 64.2 Å². The van der Waals surface area contributed by atoms with Crippen molar-refractivity contribution in [2.45, 2.75) is 199 Å². The number of phosphoric acid groups is 1. The van der Waals surface area contributed by atoms with Crippen LogP contribution in [0.1, 0.15) is 187 Å². The van der Waals surface area contributed by atoms with E-state index in [0.29, 0.717) is 17.4 Å². The third-order valence-electron chi connectivity index (χ3n) is 10.9. The summed E-state index contributed by atoms with van der Waals surface area (Å²) in [6.07, 6.45) is 71.9. The summed E-state index contributed by atoms with van der Waals surface area (Å²) in [5.41, 5.74) is 0. The van der Waals surface area contributed by atoms with Gasteiger partial charge in [-0.25, -0.2) is 4.57 Å². The number of amides is 1. The number of carbonyl (C=O) groups excluding carboxylic acids is 1. The van der Waals surface area contributed by atoms with Crippen molar-refractivity contribution in [1.29, 1.82) is 0 Å². The maximum Gasteiger partial charge on any atom is 0.472 e. The number of hydrogen-bond donors (Lipinski definition) is 3. The number of unbranched alkanes of at least 4 members (excludes halogenated alkanes) is 15. The first-order chi connectivity index (χ1) is 32.5. The van der Waals surface area contributed by atoms with Gasteiger partial charge in [0.05, 0.1) is 39.9 Å². The van der Waals surface area contributed by atoms with Crippen LogP contribution in [0.3, 0.4) is 0 Å². The molecule has 0 rings (SSSR count). The summed E-state index contributed by atoms with van der Waals surface area (Å²) in [5.74, 6) is -0.192. The molecule has 3 N–H and O–H groups in total. The molecule has 0 saturated heterocycles. The van der Waals surface area contributed by atoms with E-state index in [2.05, 4.69) is 129 Å². The maximum absolute atomic E-state index is 12.8. The largest absolute Gasteiger partial charge is 0.472 e. The van der Waals surface area contributed by atoms with Gasteiger partial charge in [0.15, 0.2) is 0 Å². The minimum Gasteiger partial charge on any atom is -0.387 e. The number of aliphatic hydroxyl groups is 1. The van der Waals surface area contributed by atoms with Crippen molar-refractivity contribution in [2.75, 3.05) is 40.9 Å². The molecule has 0 aromatic heterocycles. The predicted octanol–water partition coefficient (Wildman–Crippen LogP) is 15.8. The van der Waals surface area contributed by atoms with E-state index >= 15 is 0 Å². The average Bonchev–Trinajstić information content (AvgIpc) is 3.29. The van der Waals surface area contributed by atoms with Gasteiger partial charge in [0.2, 0.25) is 5.91 Å². The van der Waals surface area contributed by atoms with Crippen molar-refractivity contribution in [2.24, 2.45) is 0 Å². The van der Waals surface area contributed by atoms with E-state index in [4.69, 9.17) is 9.05 Å². The highest BCUT2D eigenvalue weighted by Gasteiger charge is 2.27. The summed E-state index contributed by atoms with van der Waals surface area (Å²) in [6, 6.07) is -0.851. The molecular weight excluding hydrogens is 852 g/mol. The highest BCUT2D eigenvalue weighted by molar-refractivity contribution is 7.47. The van der Waals surface area contributed by atoms with Crippen molar-refractivity contribution < 1.29 is 32.9 Å². The molecule has 0 aromatic rings. The molecule has 0 saturated carbocycles. The monoisotopic (exact) mass is 952 g/mol. The Hall–Kier alpha value is -3.10. The Morgan fingerprint density at radius 3 is 1.31 bits per heavy atom. The lowest BCUT2D eigenvalue weighted by Crippen LogP contribution is -2.45. The summed E-state index contributed by atoms with van der Waals surface area (Å²) in [6.45, 7) is 4.59. The van der Waals surface area contributed by atoms with Gasteiger partial charge < -0.3 is 19.8 Å². The Labute approximate surface area is 412 Å². The Morgan fingerprint density at radius 2 is 0.896 bits per heavy atom. The zero-order valence-electron chi connectivity index (χ0n) is 43.3. The van der Waals surface area contributed by atoms with E-state index in [1.807, 2.05) is 27.2 Å². The number of rotatable bonds is 46. The Kier molecular flexibility index (Phi) is 45.7. The smallest absolute Gasteiger partial charge is 0.387 e. The molecule has 0 bridgehead atoms. The normalized spacial score (nSPS) is 15.0. The number of quaternary nitrogens is 1. The topological polar surface area (TPSA) is 105 Å². The molecule has 3 atom stereocenters. The SMILES string of the molecule is CC/C=C\C/C=C\C/C=C\C/C=C\C/C=C\C/C=C\C/C=C\C/C=C\C/C=C\CCCCCCCCCCCCCC(=O)NC(COP(=O)(O)OCC[N+](C)(C)C)C(O)/C=C/CCCCCC. The average molecular weight is 952 g/mol. The zero-order valence-corrected chi connectivity index (χ0v) is 44.2. The number of aliphatic hydroxyl groups excluding tert-OH is 1. The molecule has 8 nitrogen and oxygen atoms in total. The Morgan fingerprint density at radius 1 is 0.522 bits per heavy atom. The molecule has 382 valence electrons. The van der Waals surface area contributed by atoms with Crippen LogP contribution in [0, 0.1) is 0 Å². The van der Waals surface area contributed by atoms with Gasteiger partial charge in [-0.1, -0.05) is 212 Å². The van der Waals surface area contributed by atoms with Crippen molar-refractivity contribution in [3.8, 4) is 0 Å². The van der Waals surface area contributed by atoms with E-state index < -0.39 is 20.0 Å². The molecule has 0 radical (unpaired) electrons. The second-order valence-electron chi connectivity index (χ2n) is 18.5. The molecular formula is C58H100N2O6P+. The first kappa shape index (κ1) is 63.9. The number of hydrogen-bond acceptors (Lipinski definition) is 5. The molecule has 0 aliphatic carbocycles. The minimum absolute atomic E-state index is 0.0549. The summed E-state index contributed by atoms with van der Waals surface area (Å²) >= 11 is 0. The van der Waals surface area contributed by atoms with E-state index in [0.717, 1.165) is 103 Å². The van der Waals surface area contributed by atoms with Crippen molar-refractivity contribution >= 4 is 13.7 Å². The molecule has 1 amide bonds. The van der Waals surface area contributed by atoms with E-state index in [9.17, 15) is 19.4 Å². The van der Waals surface area contributed by atoms with E-state index in [1.54, 1.807) is 6.08 Å². The Bertz CT molecular complexity index is 1500. The lowest BCUT2D eigenvalue weighted by Gasteiger charge is -2.25. The summed E-state index contributed by atoms with van der Waals surface area (Å²) in [7, 11) is 1.55. The van der Waals surface area contributed by atoms with Crippen LogP contribution < -0.4 is 5.32 Å². The van der Waals surface area contributed by atoms with Crippen LogP contribution in [0.2, 0.25) is 0 Å². The van der Waals surface area contributed by atoms with Gasteiger partial charge in [0.25, 0.3) is 0 Å².